The average Bonchev–Trinajstić information content (AvgIpc) is 3.06. The Labute approximate surface area is 172 Å². The summed E-state index contributed by atoms with van der Waals surface area (Å²) >= 11 is 0. The van der Waals surface area contributed by atoms with Gasteiger partial charge in [-0.3, -0.25) is 4.57 Å². The number of fused-ring (bicyclic) bond motifs is 1. The molecule has 6 nitrogen and oxygen atoms in total. The first-order valence-corrected chi connectivity index (χ1v) is 9.70. The van der Waals surface area contributed by atoms with E-state index < -0.39 is 0 Å². The van der Waals surface area contributed by atoms with E-state index in [0.29, 0.717) is 47.8 Å². The van der Waals surface area contributed by atoms with Gasteiger partial charge >= 0.3 is 5.69 Å². The lowest BCUT2D eigenvalue weighted by Crippen LogP contribution is -2.17. The molecule has 4 rings (SSSR count). The predicted molar refractivity (Wildman–Crippen MR) is 113 cm³/mol. The van der Waals surface area contributed by atoms with E-state index in [9.17, 15) is 9.18 Å². The second-order valence-corrected chi connectivity index (χ2v) is 6.87. The summed E-state index contributed by atoms with van der Waals surface area (Å²) in [6, 6.07) is 14.0. The molecule has 0 radical (unpaired) electrons. The Bertz CT molecular complexity index is 1250. The number of hydrogen-bond donors (Lipinski definition) is 1. The molecule has 0 saturated heterocycles. The van der Waals surface area contributed by atoms with E-state index in [0.717, 1.165) is 11.1 Å². The van der Waals surface area contributed by atoms with Crippen molar-refractivity contribution < 1.29 is 13.9 Å². The second-order valence-electron chi connectivity index (χ2n) is 6.87. The summed E-state index contributed by atoms with van der Waals surface area (Å²) in [5.41, 5.74) is 3.13. The van der Waals surface area contributed by atoms with E-state index in [1.165, 1.54) is 6.07 Å². The number of pyridine rings is 1. The van der Waals surface area contributed by atoms with Crippen LogP contribution in [0.25, 0.3) is 11.2 Å². The lowest BCUT2D eigenvalue weighted by Gasteiger charge is -2.11. The number of aromatic amines is 1. The lowest BCUT2D eigenvalue weighted by molar-refractivity contribution is 0.310. The minimum absolute atomic E-state index is 0.271. The van der Waals surface area contributed by atoms with Crippen molar-refractivity contribution in [1.29, 1.82) is 0 Å². The highest BCUT2D eigenvalue weighted by Crippen LogP contribution is 2.28. The third-order valence-corrected chi connectivity index (χ3v) is 4.96. The summed E-state index contributed by atoms with van der Waals surface area (Å²) in [6.45, 7) is 2.73. The van der Waals surface area contributed by atoms with Crippen LogP contribution in [0.3, 0.4) is 0 Å². The van der Waals surface area contributed by atoms with Crippen LogP contribution in [0.15, 0.2) is 59.5 Å². The van der Waals surface area contributed by atoms with Crippen molar-refractivity contribution in [2.24, 2.45) is 0 Å². The number of hydrogen-bond acceptors (Lipinski definition) is 4. The molecule has 4 aromatic rings. The SMILES string of the molecule is CCOc1cc(Cn2c(=O)[nH]c3c(Cc4ccccc4F)ccnc32)ccc1OC. The van der Waals surface area contributed by atoms with Gasteiger partial charge in [0.2, 0.25) is 0 Å². The molecule has 0 aliphatic carbocycles. The molecular weight excluding hydrogens is 385 g/mol. The number of H-pyrrole nitrogens is 1. The lowest BCUT2D eigenvalue weighted by atomic mass is 10.0. The summed E-state index contributed by atoms with van der Waals surface area (Å²) in [5.74, 6) is 0.988. The van der Waals surface area contributed by atoms with Crippen LogP contribution >= 0.6 is 0 Å². The van der Waals surface area contributed by atoms with Gasteiger partial charge in [-0.2, -0.15) is 0 Å². The Balaban J connectivity index is 1.71. The number of aromatic nitrogens is 3. The number of rotatable bonds is 7. The molecule has 154 valence electrons. The van der Waals surface area contributed by atoms with Gasteiger partial charge in [0.1, 0.15) is 5.82 Å². The third kappa shape index (κ3) is 3.78. The first-order valence-electron chi connectivity index (χ1n) is 9.70. The fraction of sp³-hybridized carbons (Fsp3) is 0.217. The van der Waals surface area contributed by atoms with Gasteiger partial charge in [-0.1, -0.05) is 24.3 Å². The molecule has 0 unspecified atom stereocenters. The zero-order valence-electron chi connectivity index (χ0n) is 16.8. The summed E-state index contributed by atoms with van der Waals surface area (Å²) in [7, 11) is 1.59. The van der Waals surface area contributed by atoms with Crippen LogP contribution < -0.4 is 15.2 Å². The summed E-state index contributed by atoms with van der Waals surface area (Å²) in [6.07, 6.45) is 2.00. The number of nitrogens with zero attached hydrogens (tertiary/aromatic N) is 2. The molecule has 0 spiro atoms. The van der Waals surface area contributed by atoms with Crippen molar-refractivity contribution in [1.82, 2.24) is 14.5 Å². The molecule has 0 bridgehead atoms. The Hall–Kier alpha value is -3.61. The highest BCUT2D eigenvalue weighted by molar-refractivity contribution is 5.75. The minimum atomic E-state index is -0.272. The van der Waals surface area contributed by atoms with Gasteiger partial charge in [-0.05, 0) is 47.9 Å². The van der Waals surface area contributed by atoms with E-state index in [1.807, 2.05) is 25.1 Å². The summed E-state index contributed by atoms with van der Waals surface area (Å²) in [5, 5.41) is 0. The monoisotopic (exact) mass is 407 g/mol. The van der Waals surface area contributed by atoms with Gasteiger partial charge in [-0.25, -0.2) is 14.2 Å². The van der Waals surface area contributed by atoms with Gasteiger partial charge in [0.15, 0.2) is 17.1 Å². The number of ether oxygens (including phenoxy) is 2. The van der Waals surface area contributed by atoms with Crippen LogP contribution in [0.2, 0.25) is 0 Å². The summed E-state index contributed by atoms with van der Waals surface area (Å²) in [4.78, 5) is 20.0. The van der Waals surface area contributed by atoms with E-state index in [2.05, 4.69) is 9.97 Å². The van der Waals surface area contributed by atoms with E-state index in [4.69, 9.17) is 9.47 Å². The zero-order valence-corrected chi connectivity index (χ0v) is 16.8. The van der Waals surface area contributed by atoms with Gasteiger partial charge in [0.05, 0.1) is 25.8 Å². The Morgan fingerprint density at radius 3 is 2.70 bits per heavy atom. The molecule has 0 aliphatic heterocycles. The molecule has 7 heteroatoms. The molecule has 1 N–H and O–H groups in total. The maximum atomic E-state index is 14.1. The van der Waals surface area contributed by atoms with Crippen molar-refractivity contribution in [3.63, 3.8) is 0 Å². The van der Waals surface area contributed by atoms with Crippen LogP contribution in [-0.2, 0) is 13.0 Å². The standard InChI is InChI=1S/C23H22FN3O3/c1-3-30-20-12-15(8-9-19(20)29-2)14-27-22-21(26-23(27)28)17(10-11-25-22)13-16-6-4-5-7-18(16)24/h4-12H,3,13-14H2,1-2H3,(H,26,28). The topological polar surface area (TPSA) is 69.1 Å². The van der Waals surface area contributed by atoms with Gasteiger partial charge in [-0.15, -0.1) is 0 Å². The molecule has 0 amide bonds. The van der Waals surface area contributed by atoms with Crippen molar-refractivity contribution in [3.8, 4) is 11.5 Å². The van der Waals surface area contributed by atoms with E-state index in [-0.39, 0.29) is 11.5 Å². The molecule has 2 aromatic carbocycles. The summed E-state index contributed by atoms with van der Waals surface area (Å²) < 4.78 is 26.6. The second kappa shape index (κ2) is 8.41. The number of methoxy groups -OCH3 is 1. The number of halogens is 1. The van der Waals surface area contributed by atoms with Crippen molar-refractivity contribution >= 4 is 11.2 Å². The van der Waals surface area contributed by atoms with Crippen LogP contribution in [0.5, 0.6) is 11.5 Å². The van der Waals surface area contributed by atoms with Crippen molar-refractivity contribution in [2.75, 3.05) is 13.7 Å². The van der Waals surface area contributed by atoms with Crippen LogP contribution in [0.4, 0.5) is 4.39 Å². The van der Waals surface area contributed by atoms with Crippen LogP contribution in [-0.4, -0.2) is 28.3 Å². The van der Waals surface area contributed by atoms with Gasteiger partial charge in [0, 0.05) is 12.6 Å². The smallest absolute Gasteiger partial charge is 0.327 e. The van der Waals surface area contributed by atoms with Crippen LogP contribution in [0.1, 0.15) is 23.6 Å². The quantitative estimate of drug-likeness (QED) is 0.504. The highest BCUT2D eigenvalue weighted by atomic mass is 19.1. The molecule has 0 atom stereocenters. The molecular formula is C23H22FN3O3. The molecule has 0 aliphatic rings. The molecule has 2 aromatic heterocycles. The van der Waals surface area contributed by atoms with Crippen molar-refractivity contribution in [3.05, 3.63) is 87.7 Å². The maximum Gasteiger partial charge on any atom is 0.327 e. The van der Waals surface area contributed by atoms with Crippen molar-refractivity contribution in [2.45, 2.75) is 19.9 Å². The minimum Gasteiger partial charge on any atom is -0.493 e. The van der Waals surface area contributed by atoms with E-state index in [1.54, 1.807) is 42.1 Å². The van der Waals surface area contributed by atoms with Gasteiger partial charge < -0.3 is 14.5 Å². The number of imidazole rings is 1. The van der Waals surface area contributed by atoms with E-state index >= 15 is 0 Å². The van der Waals surface area contributed by atoms with Crippen LogP contribution in [0, 0.1) is 5.82 Å². The predicted octanol–water partition coefficient (Wildman–Crippen LogP) is 3.91. The molecule has 0 saturated carbocycles. The number of nitrogens with one attached hydrogen (secondary N) is 1. The fourth-order valence-corrected chi connectivity index (χ4v) is 3.51. The Kier molecular flexibility index (Phi) is 5.52. The molecule has 0 fully saturated rings. The molecule has 30 heavy (non-hydrogen) atoms. The highest BCUT2D eigenvalue weighted by Gasteiger charge is 2.14. The third-order valence-electron chi connectivity index (χ3n) is 4.96. The maximum absolute atomic E-state index is 14.1. The first-order chi connectivity index (χ1) is 14.6. The fourth-order valence-electron chi connectivity index (χ4n) is 3.51. The largest absolute Gasteiger partial charge is 0.493 e. The Morgan fingerprint density at radius 2 is 1.93 bits per heavy atom. The number of benzene rings is 2. The van der Waals surface area contributed by atoms with Gasteiger partial charge in [0.25, 0.3) is 0 Å². The normalized spacial score (nSPS) is 11.0. The molecule has 2 heterocycles. The first kappa shape index (κ1) is 19.7. The Morgan fingerprint density at radius 1 is 1.10 bits per heavy atom. The zero-order chi connectivity index (χ0) is 21.1. The average molecular weight is 407 g/mol.